The number of piperidine rings is 1. The van der Waals surface area contributed by atoms with Crippen molar-refractivity contribution in [3.05, 3.63) is 12.2 Å². The van der Waals surface area contributed by atoms with E-state index in [2.05, 4.69) is 35.5 Å². The highest BCUT2D eigenvalue weighted by Gasteiger charge is 2.23. The first-order valence-electron chi connectivity index (χ1n) is 9.45. The predicted octanol–water partition coefficient (Wildman–Crippen LogP) is 2.80. The van der Waals surface area contributed by atoms with Crippen LogP contribution in [0.4, 0.5) is 0 Å². The highest BCUT2D eigenvalue weighted by atomic mass is 16.2. The zero-order chi connectivity index (χ0) is 16.7. The second-order valence-corrected chi connectivity index (χ2v) is 7.57. The van der Waals surface area contributed by atoms with Crippen molar-refractivity contribution in [2.24, 2.45) is 0 Å². The van der Waals surface area contributed by atoms with Crippen molar-refractivity contribution in [1.82, 2.24) is 15.1 Å². The van der Waals surface area contributed by atoms with Gasteiger partial charge in [-0.3, -0.25) is 9.69 Å². The lowest BCUT2D eigenvalue weighted by molar-refractivity contribution is -0.131. The van der Waals surface area contributed by atoms with E-state index in [9.17, 15) is 4.79 Å². The lowest BCUT2D eigenvalue weighted by Crippen LogP contribution is -2.47. The molecule has 1 amide bonds. The Labute approximate surface area is 142 Å². The third-order valence-corrected chi connectivity index (χ3v) is 5.04. The fraction of sp³-hybridized carbons (Fsp3) is 0.842. The van der Waals surface area contributed by atoms with Gasteiger partial charge in [0.15, 0.2) is 0 Å². The molecule has 0 aromatic heterocycles. The average Bonchev–Trinajstić information content (AvgIpc) is 2.78. The lowest BCUT2D eigenvalue weighted by Gasteiger charge is -2.34. The summed E-state index contributed by atoms with van der Waals surface area (Å²) in [6, 6.07) is 0.840. The first-order valence-corrected chi connectivity index (χ1v) is 9.45. The number of carbonyl (C=O) groups is 1. The maximum atomic E-state index is 12.4. The van der Waals surface area contributed by atoms with Gasteiger partial charge >= 0.3 is 0 Å². The summed E-state index contributed by atoms with van der Waals surface area (Å²) in [5, 5.41) is 3.68. The molecule has 0 spiro atoms. The molecule has 2 aliphatic rings. The molecule has 4 nitrogen and oxygen atoms in total. The minimum atomic E-state index is 0.281. The van der Waals surface area contributed by atoms with Crippen LogP contribution < -0.4 is 5.32 Å². The number of amides is 1. The Bertz CT molecular complexity index is 380. The SMILES string of the molecule is C=C(C)CN1CCC(NC(C)CC(=O)N2CCCCCC2)CC1. The molecule has 0 aromatic rings. The van der Waals surface area contributed by atoms with Crippen LogP contribution in [0.5, 0.6) is 0 Å². The van der Waals surface area contributed by atoms with Crippen LogP contribution in [0.3, 0.4) is 0 Å². The van der Waals surface area contributed by atoms with Crippen LogP contribution in [0.15, 0.2) is 12.2 Å². The molecule has 2 heterocycles. The molecule has 2 rings (SSSR count). The van der Waals surface area contributed by atoms with E-state index in [1.807, 2.05) is 0 Å². The molecule has 1 unspecified atom stereocenters. The Morgan fingerprint density at radius 3 is 2.30 bits per heavy atom. The monoisotopic (exact) mass is 321 g/mol. The Balaban J connectivity index is 1.67. The van der Waals surface area contributed by atoms with Gasteiger partial charge in [0.1, 0.15) is 0 Å². The molecule has 23 heavy (non-hydrogen) atoms. The molecule has 1 N–H and O–H groups in total. The van der Waals surface area contributed by atoms with E-state index in [0.29, 0.717) is 18.4 Å². The van der Waals surface area contributed by atoms with Gasteiger partial charge in [-0.2, -0.15) is 0 Å². The highest BCUT2D eigenvalue weighted by molar-refractivity contribution is 5.76. The van der Waals surface area contributed by atoms with E-state index in [1.165, 1.54) is 44.1 Å². The summed E-state index contributed by atoms with van der Waals surface area (Å²) in [5.41, 5.74) is 1.24. The summed E-state index contributed by atoms with van der Waals surface area (Å²) in [6.07, 6.45) is 7.90. The second kappa shape index (κ2) is 9.43. The van der Waals surface area contributed by atoms with Crippen molar-refractivity contribution < 1.29 is 4.79 Å². The van der Waals surface area contributed by atoms with E-state index in [-0.39, 0.29) is 6.04 Å². The summed E-state index contributed by atoms with van der Waals surface area (Å²) in [6.45, 7) is 13.5. The molecule has 0 aromatic carbocycles. The van der Waals surface area contributed by atoms with Crippen molar-refractivity contribution in [2.75, 3.05) is 32.7 Å². The quantitative estimate of drug-likeness (QED) is 0.764. The van der Waals surface area contributed by atoms with Crippen LogP contribution in [0, 0.1) is 0 Å². The van der Waals surface area contributed by atoms with Crippen molar-refractivity contribution >= 4 is 5.91 Å². The maximum Gasteiger partial charge on any atom is 0.224 e. The number of nitrogens with one attached hydrogen (secondary N) is 1. The van der Waals surface area contributed by atoms with Gasteiger partial charge in [0.05, 0.1) is 0 Å². The standard InChI is InChI=1S/C19H35N3O/c1-16(2)15-21-12-8-18(9-13-21)20-17(3)14-19(23)22-10-6-4-5-7-11-22/h17-18,20H,1,4-15H2,2-3H3. The van der Waals surface area contributed by atoms with Crippen LogP contribution in [-0.2, 0) is 4.79 Å². The van der Waals surface area contributed by atoms with Crippen LogP contribution in [0.1, 0.15) is 58.8 Å². The molecule has 4 heteroatoms. The fourth-order valence-electron chi connectivity index (χ4n) is 3.81. The minimum Gasteiger partial charge on any atom is -0.343 e. The zero-order valence-corrected chi connectivity index (χ0v) is 15.1. The maximum absolute atomic E-state index is 12.4. The summed E-state index contributed by atoms with van der Waals surface area (Å²) >= 11 is 0. The lowest BCUT2D eigenvalue weighted by atomic mass is 10.0. The van der Waals surface area contributed by atoms with Crippen LogP contribution in [0.25, 0.3) is 0 Å². The molecule has 0 saturated carbocycles. The van der Waals surface area contributed by atoms with Crippen molar-refractivity contribution in [3.8, 4) is 0 Å². The van der Waals surface area contributed by atoms with E-state index in [0.717, 1.165) is 32.7 Å². The first-order chi connectivity index (χ1) is 11.0. The molecule has 2 aliphatic heterocycles. The zero-order valence-electron chi connectivity index (χ0n) is 15.1. The average molecular weight is 322 g/mol. The number of hydrogen-bond donors (Lipinski definition) is 1. The summed E-state index contributed by atoms with van der Waals surface area (Å²) in [7, 11) is 0. The molecular weight excluding hydrogens is 286 g/mol. The third kappa shape index (κ3) is 6.64. The Morgan fingerprint density at radius 1 is 1.13 bits per heavy atom. The van der Waals surface area contributed by atoms with Gasteiger partial charge in [-0.05, 0) is 52.6 Å². The van der Waals surface area contributed by atoms with Gasteiger partial charge < -0.3 is 10.2 Å². The third-order valence-electron chi connectivity index (χ3n) is 5.04. The number of nitrogens with zero attached hydrogens (tertiary/aromatic N) is 2. The normalized spacial score (nSPS) is 22.6. The minimum absolute atomic E-state index is 0.281. The summed E-state index contributed by atoms with van der Waals surface area (Å²) in [4.78, 5) is 17.0. The van der Waals surface area contributed by atoms with Crippen molar-refractivity contribution in [3.63, 3.8) is 0 Å². The molecule has 2 fully saturated rings. The van der Waals surface area contributed by atoms with E-state index < -0.39 is 0 Å². The largest absolute Gasteiger partial charge is 0.343 e. The molecule has 0 bridgehead atoms. The Kier molecular flexibility index (Phi) is 7.57. The summed E-state index contributed by atoms with van der Waals surface area (Å²) < 4.78 is 0. The summed E-state index contributed by atoms with van der Waals surface area (Å²) in [5.74, 6) is 0.339. The predicted molar refractivity (Wildman–Crippen MR) is 96.5 cm³/mol. The molecule has 0 aliphatic carbocycles. The van der Waals surface area contributed by atoms with Gasteiger partial charge in [0, 0.05) is 38.1 Å². The van der Waals surface area contributed by atoms with Gasteiger partial charge in [-0.1, -0.05) is 25.0 Å². The Hall–Kier alpha value is -0.870. The van der Waals surface area contributed by atoms with Crippen molar-refractivity contribution in [2.45, 2.75) is 70.9 Å². The smallest absolute Gasteiger partial charge is 0.224 e. The van der Waals surface area contributed by atoms with E-state index >= 15 is 0 Å². The Morgan fingerprint density at radius 2 is 1.74 bits per heavy atom. The van der Waals surface area contributed by atoms with E-state index in [4.69, 9.17) is 0 Å². The number of rotatable bonds is 6. The molecule has 132 valence electrons. The number of hydrogen-bond acceptors (Lipinski definition) is 3. The number of carbonyl (C=O) groups excluding carboxylic acids is 1. The van der Waals surface area contributed by atoms with Crippen LogP contribution in [0.2, 0.25) is 0 Å². The van der Waals surface area contributed by atoms with Crippen LogP contribution >= 0.6 is 0 Å². The van der Waals surface area contributed by atoms with Gasteiger partial charge in [-0.15, -0.1) is 0 Å². The molecule has 0 radical (unpaired) electrons. The second-order valence-electron chi connectivity index (χ2n) is 7.57. The van der Waals surface area contributed by atoms with Gasteiger partial charge in [0.2, 0.25) is 5.91 Å². The molecule has 2 saturated heterocycles. The van der Waals surface area contributed by atoms with Gasteiger partial charge in [0.25, 0.3) is 0 Å². The first kappa shape index (κ1) is 18.5. The fourth-order valence-corrected chi connectivity index (χ4v) is 3.81. The topological polar surface area (TPSA) is 35.6 Å². The highest BCUT2D eigenvalue weighted by Crippen LogP contribution is 2.14. The number of likely N-dealkylation sites (tertiary alicyclic amines) is 2. The molecule has 1 atom stereocenters. The van der Waals surface area contributed by atoms with Gasteiger partial charge in [-0.25, -0.2) is 0 Å². The van der Waals surface area contributed by atoms with Crippen LogP contribution in [-0.4, -0.2) is 60.5 Å². The van der Waals surface area contributed by atoms with E-state index in [1.54, 1.807) is 0 Å². The molecular formula is C19H35N3O. The van der Waals surface area contributed by atoms with Crippen molar-refractivity contribution in [1.29, 1.82) is 0 Å².